The highest BCUT2D eigenvalue weighted by molar-refractivity contribution is 6.33. The first-order chi connectivity index (χ1) is 16.4. The number of halogens is 3. The molecule has 2 aliphatic rings. The highest BCUT2D eigenvalue weighted by Crippen LogP contribution is 2.36. The second-order valence-electron chi connectivity index (χ2n) is 9.33. The van der Waals surface area contributed by atoms with E-state index in [0.29, 0.717) is 31.0 Å². The summed E-state index contributed by atoms with van der Waals surface area (Å²) in [6, 6.07) is 11.1. The highest BCUT2D eigenvalue weighted by Gasteiger charge is 2.35. The number of nitrogens with zero attached hydrogens (tertiary/aromatic N) is 4. The smallest absolute Gasteiger partial charge is 0.272 e. The Morgan fingerprint density at radius 1 is 1.29 bits per heavy atom. The molecule has 1 N–H and O–H groups in total. The minimum Gasteiger partial charge on any atom is -0.347 e. The van der Waals surface area contributed by atoms with E-state index in [1.165, 1.54) is 0 Å². The number of carbonyl (C=O) groups excluding carboxylic acids is 1. The molecule has 1 saturated heterocycles. The molecule has 0 unspecified atom stereocenters. The maximum Gasteiger partial charge on any atom is 0.272 e. The number of rotatable bonds is 8. The van der Waals surface area contributed by atoms with Crippen molar-refractivity contribution < 1.29 is 13.6 Å². The van der Waals surface area contributed by atoms with E-state index in [1.807, 2.05) is 28.9 Å². The number of nitrogens with one attached hydrogen (secondary N) is 1. The zero-order valence-electron chi connectivity index (χ0n) is 19.2. The second kappa shape index (κ2) is 10.8. The quantitative estimate of drug-likeness (QED) is 0.535. The SMILES string of the molecule is N#CC[C@H](CCN1CCCC(F)(F)C1)NC(=O)c1cc(-c2ccccc2Cl)n(C2CCCC2)n1. The Hall–Kier alpha value is -2.50. The molecular formula is C25H30ClF2N5O. The Morgan fingerprint density at radius 3 is 2.76 bits per heavy atom. The molecule has 2 fully saturated rings. The van der Waals surface area contributed by atoms with E-state index < -0.39 is 12.0 Å². The summed E-state index contributed by atoms with van der Waals surface area (Å²) in [7, 11) is 0. The van der Waals surface area contributed by atoms with Crippen LogP contribution in [0.15, 0.2) is 30.3 Å². The number of likely N-dealkylation sites (tertiary alicyclic amines) is 1. The molecule has 1 amide bonds. The van der Waals surface area contributed by atoms with Crippen LogP contribution >= 0.6 is 11.6 Å². The van der Waals surface area contributed by atoms with Gasteiger partial charge >= 0.3 is 0 Å². The maximum absolute atomic E-state index is 13.7. The standard InChI is InChI=1S/C25H30ClF2N5O/c26-21-9-4-3-8-20(21)23-16-22(31-33(23)19-6-1-2-7-19)24(34)30-18(10-13-29)11-15-32-14-5-12-25(27,28)17-32/h3-4,8-9,16,18-19H,1-2,5-7,10-12,14-15,17H2,(H,30,34)/t18-/m1/s1. The lowest BCUT2D eigenvalue weighted by Crippen LogP contribution is -2.45. The number of hydrogen-bond acceptors (Lipinski definition) is 4. The summed E-state index contributed by atoms with van der Waals surface area (Å²) in [5, 5.41) is 17.4. The van der Waals surface area contributed by atoms with Gasteiger partial charge in [-0.15, -0.1) is 0 Å². The average molecular weight is 490 g/mol. The first-order valence-electron chi connectivity index (χ1n) is 12.0. The molecule has 1 aromatic carbocycles. The fourth-order valence-electron chi connectivity index (χ4n) is 4.97. The molecule has 6 nitrogen and oxygen atoms in total. The van der Waals surface area contributed by atoms with Crippen LogP contribution in [0.5, 0.6) is 0 Å². The number of hydrogen-bond donors (Lipinski definition) is 1. The zero-order valence-corrected chi connectivity index (χ0v) is 19.9. The number of amides is 1. The highest BCUT2D eigenvalue weighted by atomic mass is 35.5. The van der Waals surface area contributed by atoms with Crippen LogP contribution in [0.4, 0.5) is 8.78 Å². The monoisotopic (exact) mass is 489 g/mol. The molecule has 182 valence electrons. The number of alkyl halides is 2. The lowest BCUT2D eigenvalue weighted by molar-refractivity contribution is -0.0644. The van der Waals surface area contributed by atoms with Crippen LogP contribution in [0.1, 0.15) is 67.9 Å². The lowest BCUT2D eigenvalue weighted by Gasteiger charge is -2.33. The van der Waals surface area contributed by atoms with Gasteiger partial charge in [0, 0.05) is 29.6 Å². The van der Waals surface area contributed by atoms with E-state index in [9.17, 15) is 18.8 Å². The van der Waals surface area contributed by atoms with Gasteiger partial charge in [0.2, 0.25) is 0 Å². The van der Waals surface area contributed by atoms with Gasteiger partial charge in [0.15, 0.2) is 5.69 Å². The third-order valence-corrected chi connectivity index (χ3v) is 7.06. The lowest BCUT2D eigenvalue weighted by atomic mass is 10.1. The van der Waals surface area contributed by atoms with Crippen molar-refractivity contribution in [1.82, 2.24) is 20.0 Å². The van der Waals surface area contributed by atoms with Gasteiger partial charge in [0.1, 0.15) is 0 Å². The summed E-state index contributed by atoms with van der Waals surface area (Å²) in [5.74, 6) is -3.04. The number of aromatic nitrogens is 2. The van der Waals surface area contributed by atoms with E-state index in [0.717, 1.165) is 36.9 Å². The summed E-state index contributed by atoms with van der Waals surface area (Å²) >= 11 is 6.45. The third kappa shape index (κ3) is 5.94. The second-order valence-corrected chi connectivity index (χ2v) is 9.74. The van der Waals surface area contributed by atoms with E-state index in [2.05, 4.69) is 16.5 Å². The fraction of sp³-hybridized carbons (Fsp3) is 0.560. The summed E-state index contributed by atoms with van der Waals surface area (Å²) in [5.41, 5.74) is 1.89. The zero-order chi connectivity index (χ0) is 24.1. The molecule has 4 rings (SSSR count). The predicted octanol–water partition coefficient (Wildman–Crippen LogP) is 5.45. The van der Waals surface area contributed by atoms with Gasteiger partial charge in [-0.1, -0.05) is 42.6 Å². The van der Waals surface area contributed by atoms with Crippen LogP contribution in [-0.2, 0) is 0 Å². The number of piperidine rings is 1. The minimum atomic E-state index is -2.67. The summed E-state index contributed by atoms with van der Waals surface area (Å²) in [6.07, 6.45) is 5.13. The molecule has 2 aromatic rings. The summed E-state index contributed by atoms with van der Waals surface area (Å²) in [4.78, 5) is 14.8. The molecule has 0 radical (unpaired) electrons. The van der Waals surface area contributed by atoms with Crippen molar-refractivity contribution in [2.45, 2.75) is 69.4 Å². The molecular weight excluding hydrogens is 460 g/mol. The molecule has 9 heteroatoms. The maximum atomic E-state index is 13.7. The van der Waals surface area contributed by atoms with Gasteiger partial charge < -0.3 is 5.32 Å². The molecule has 0 spiro atoms. The molecule has 1 aromatic heterocycles. The number of benzene rings is 1. The summed E-state index contributed by atoms with van der Waals surface area (Å²) < 4.78 is 29.3. The first-order valence-corrected chi connectivity index (χ1v) is 12.4. The van der Waals surface area contributed by atoms with Crippen LogP contribution in [0, 0.1) is 11.3 Å². The van der Waals surface area contributed by atoms with Crippen molar-refractivity contribution in [2.75, 3.05) is 19.6 Å². The van der Waals surface area contributed by atoms with E-state index in [-0.39, 0.29) is 37.0 Å². The molecule has 34 heavy (non-hydrogen) atoms. The van der Waals surface area contributed by atoms with Gasteiger partial charge in [-0.2, -0.15) is 10.4 Å². The molecule has 0 bridgehead atoms. The van der Waals surface area contributed by atoms with E-state index in [4.69, 9.17) is 11.6 Å². The Labute approximate surface area is 203 Å². The van der Waals surface area contributed by atoms with Crippen molar-refractivity contribution >= 4 is 17.5 Å². The Bertz CT molecular complexity index is 1040. The first kappa shape index (κ1) is 24.6. The number of carbonyl (C=O) groups is 1. The molecule has 2 heterocycles. The van der Waals surface area contributed by atoms with E-state index in [1.54, 1.807) is 11.0 Å². The Morgan fingerprint density at radius 2 is 2.06 bits per heavy atom. The van der Waals surface area contributed by atoms with Gasteiger partial charge in [-0.05, 0) is 44.4 Å². The van der Waals surface area contributed by atoms with Gasteiger partial charge in [-0.3, -0.25) is 14.4 Å². The average Bonchev–Trinajstić information content (AvgIpc) is 3.47. The van der Waals surface area contributed by atoms with Crippen LogP contribution in [0.25, 0.3) is 11.3 Å². The topological polar surface area (TPSA) is 74.0 Å². The Balaban J connectivity index is 1.49. The van der Waals surface area contributed by atoms with Gasteiger partial charge in [-0.25, -0.2) is 8.78 Å². The molecule has 1 saturated carbocycles. The van der Waals surface area contributed by atoms with Gasteiger partial charge in [0.05, 0.1) is 30.8 Å². The van der Waals surface area contributed by atoms with Gasteiger partial charge in [0.25, 0.3) is 11.8 Å². The molecule has 1 atom stereocenters. The predicted molar refractivity (Wildman–Crippen MR) is 127 cm³/mol. The Kier molecular flexibility index (Phi) is 7.84. The van der Waals surface area contributed by atoms with Crippen LogP contribution in [0.3, 0.4) is 0 Å². The minimum absolute atomic E-state index is 0.0841. The van der Waals surface area contributed by atoms with Crippen LogP contribution in [0.2, 0.25) is 5.02 Å². The third-order valence-electron chi connectivity index (χ3n) is 6.73. The number of nitriles is 1. The van der Waals surface area contributed by atoms with Crippen molar-refractivity contribution in [3.8, 4) is 17.3 Å². The fourth-order valence-corrected chi connectivity index (χ4v) is 5.21. The van der Waals surface area contributed by atoms with E-state index >= 15 is 0 Å². The van der Waals surface area contributed by atoms with Crippen LogP contribution < -0.4 is 5.32 Å². The molecule has 1 aliphatic carbocycles. The largest absolute Gasteiger partial charge is 0.347 e. The van der Waals surface area contributed by atoms with Crippen molar-refractivity contribution in [2.24, 2.45) is 0 Å². The van der Waals surface area contributed by atoms with Crippen molar-refractivity contribution in [3.63, 3.8) is 0 Å². The van der Waals surface area contributed by atoms with Crippen molar-refractivity contribution in [3.05, 3.63) is 41.0 Å². The normalized spacial score (nSPS) is 19.6. The summed E-state index contributed by atoms with van der Waals surface area (Å²) in [6.45, 7) is 0.743. The molecule has 1 aliphatic heterocycles. The van der Waals surface area contributed by atoms with Crippen molar-refractivity contribution in [1.29, 1.82) is 5.26 Å². The van der Waals surface area contributed by atoms with Crippen LogP contribution in [-0.4, -0.2) is 52.2 Å².